The van der Waals surface area contributed by atoms with Crippen LogP contribution in [0.5, 0.6) is 0 Å². The van der Waals surface area contributed by atoms with Gasteiger partial charge in [-0.3, -0.25) is 15.0 Å². The third kappa shape index (κ3) is 5.03. The van der Waals surface area contributed by atoms with Crippen molar-refractivity contribution in [3.8, 4) is 0 Å². The molecule has 0 aliphatic heterocycles. The monoisotopic (exact) mass is 358 g/mol. The Morgan fingerprint density at radius 2 is 1.73 bits per heavy atom. The van der Waals surface area contributed by atoms with E-state index in [1.807, 2.05) is 37.3 Å². The van der Waals surface area contributed by atoms with Crippen molar-refractivity contribution in [2.24, 2.45) is 0 Å². The first kappa shape index (κ1) is 19.4. The summed E-state index contributed by atoms with van der Waals surface area (Å²) in [6.45, 7) is 4.46. The first-order valence-electron chi connectivity index (χ1n) is 8.40. The molecule has 2 aromatic rings. The third-order valence-electron chi connectivity index (χ3n) is 3.69. The van der Waals surface area contributed by atoms with E-state index in [1.54, 1.807) is 19.1 Å². The fourth-order valence-corrected chi connectivity index (χ4v) is 2.51. The molecule has 0 aliphatic rings. The number of nitrogens with zero attached hydrogens (tertiary/aromatic N) is 2. The Kier molecular flexibility index (Phi) is 7.11. The maximum absolute atomic E-state index is 12.5. The molecule has 0 saturated heterocycles. The van der Waals surface area contributed by atoms with Crippen LogP contribution in [0.1, 0.15) is 31.2 Å². The molecule has 0 fully saturated rings. The molecule has 0 bridgehead atoms. The van der Waals surface area contributed by atoms with E-state index in [-0.39, 0.29) is 12.3 Å². The summed E-state index contributed by atoms with van der Waals surface area (Å²) in [4.78, 5) is 24.4. The number of ether oxygens (including phenoxy) is 2. The number of carbonyl (C=O) groups is 1. The van der Waals surface area contributed by atoms with Crippen molar-refractivity contribution < 1.29 is 19.2 Å². The molecule has 0 spiro atoms. The molecule has 26 heavy (non-hydrogen) atoms. The van der Waals surface area contributed by atoms with E-state index in [4.69, 9.17) is 9.47 Å². The van der Waals surface area contributed by atoms with Gasteiger partial charge in [0.2, 0.25) is 0 Å². The van der Waals surface area contributed by atoms with Crippen LogP contribution in [-0.2, 0) is 16.0 Å². The molecule has 7 heteroatoms. The van der Waals surface area contributed by atoms with Crippen LogP contribution in [0.3, 0.4) is 0 Å². The van der Waals surface area contributed by atoms with Crippen molar-refractivity contribution in [3.05, 3.63) is 75.8 Å². The van der Waals surface area contributed by atoms with Crippen LogP contribution >= 0.6 is 0 Å². The van der Waals surface area contributed by atoms with E-state index in [9.17, 15) is 14.9 Å². The highest BCUT2D eigenvalue weighted by atomic mass is 16.6. The number of carbonyl (C=O) groups excluding carboxylic acids is 1. The average molecular weight is 358 g/mol. The molecule has 2 aromatic carbocycles. The summed E-state index contributed by atoms with van der Waals surface area (Å²) in [5, 5.41) is 10.9. The van der Waals surface area contributed by atoms with Gasteiger partial charge >= 0.3 is 6.09 Å². The van der Waals surface area contributed by atoms with Gasteiger partial charge < -0.3 is 9.47 Å². The highest BCUT2D eigenvalue weighted by molar-refractivity contribution is 5.68. The molecule has 0 heterocycles. The lowest BCUT2D eigenvalue weighted by Gasteiger charge is -2.31. The number of rotatable bonds is 8. The van der Waals surface area contributed by atoms with Gasteiger partial charge in [-0.1, -0.05) is 30.3 Å². The molecule has 0 aliphatic carbocycles. The zero-order valence-corrected chi connectivity index (χ0v) is 14.8. The SMILES string of the molecule is CCOC(=O)N(Cc1ccccc1)C(OCC)c1ccc([N+](=O)[O-])cc1. The molecule has 2 rings (SSSR count). The van der Waals surface area contributed by atoms with Gasteiger partial charge in [0.1, 0.15) is 0 Å². The Morgan fingerprint density at radius 3 is 2.27 bits per heavy atom. The van der Waals surface area contributed by atoms with Gasteiger partial charge in [0, 0.05) is 24.3 Å². The minimum atomic E-state index is -0.708. The highest BCUT2D eigenvalue weighted by Gasteiger charge is 2.27. The molecular weight excluding hydrogens is 336 g/mol. The number of hydrogen-bond acceptors (Lipinski definition) is 5. The maximum Gasteiger partial charge on any atom is 0.412 e. The van der Waals surface area contributed by atoms with Crippen LogP contribution in [-0.4, -0.2) is 29.1 Å². The smallest absolute Gasteiger partial charge is 0.412 e. The van der Waals surface area contributed by atoms with Crippen molar-refractivity contribution in [3.63, 3.8) is 0 Å². The van der Waals surface area contributed by atoms with Gasteiger partial charge in [0.15, 0.2) is 6.23 Å². The molecule has 7 nitrogen and oxygen atoms in total. The number of non-ortho nitro benzene ring substituents is 1. The Labute approximate surface area is 152 Å². The van der Waals surface area contributed by atoms with Gasteiger partial charge in [-0.2, -0.15) is 0 Å². The lowest BCUT2D eigenvalue weighted by Crippen LogP contribution is -2.36. The minimum absolute atomic E-state index is 0.0188. The summed E-state index contributed by atoms with van der Waals surface area (Å²) in [7, 11) is 0. The summed E-state index contributed by atoms with van der Waals surface area (Å²) in [5.41, 5.74) is 1.54. The summed E-state index contributed by atoms with van der Waals surface area (Å²) in [6.07, 6.45) is -1.21. The molecule has 0 saturated carbocycles. The second kappa shape index (κ2) is 9.53. The lowest BCUT2D eigenvalue weighted by atomic mass is 10.1. The van der Waals surface area contributed by atoms with Crippen LogP contribution in [0.2, 0.25) is 0 Å². The molecule has 1 atom stereocenters. The van der Waals surface area contributed by atoms with E-state index in [0.717, 1.165) is 5.56 Å². The van der Waals surface area contributed by atoms with Crippen molar-refractivity contribution in [2.45, 2.75) is 26.6 Å². The number of nitro groups is 1. The highest BCUT2D eigenvalue weighted by Crippen LogP contribution is 2.27. The zero-order valence-electron chi connectivity index (χ0n) is 14.8. The first-order valence-corrected chi connectivity index (χ1v) is 8.40. The van der Waals surface area contributed by atoms with Gasteiger partial charge in [0.05, 0.1) is 18.1 Å². The van der Waals surface area contributed by atoms with Crippen molar-refractivity contribution >= 4 is 11.8 Å². The van der Waals surface area contributed by atoms with Gasteiger partial charge in [-0.25, -0.2) is 4.79 Å². The lowest BCUT2D eigenvalue weighted by molar-refractivity contribution is -0.384. The molecule has 0 aromatic heterocycles. The molecule has 0 radical (unpaired) electrons. The Balaban J connectivity index is 2.35. The van der Waals surface area contributed by atoms with E-state index in [2.05, 4.69) is 0 Å². The van der Waals surface area contributed by atoms with Gasteiger partial charge in [-0.15, -0.1) is 0 Å². The average Bonchev–Trinajstić information content (AvgIpc) is 2.65. The molecule has 1 unspecified atom stereocenters. The van der Waals surface area contributed by atoms with E-state index in [1.165, 1.54) is 17.0 Å². The van der Waals surface area contributed by atoms with Crippen molar-refractivity contribution in [1.29, 1.82) is 0 Å². The van der Waals surface area contributed by atoms with Crippen LogP contribution in [0, 0.1) is 10.1 Å². The zero-order chi connectivity index (χ0) is 18.9. The molecule has 138 valence electrons. The predicted octanol–water partition coefficient (Wildman–Crippen LogP) is 4.29. The fourth-order valence-electron chi connectivity index (χ4n) is 2.51. The van der Waals surface area contributed by atoms with Crippen LogP contribution < -0.4 is 0 Å². The summed E-state index contributed by atoms with van der Waals surface area (Å²) in [6, 6.07) is 15.5. The van der Waals surface area contributed by atoms with Crippen molar-refractivity contribution in [2.75, 3.05) is 13.2 Å². The topological polar surface area (TPSA) is 81.9 Å². The van der Waals surface area contributed by atoms with Crippen LogP contribution in [0.4, 0.5) is 10.5 Å². The second-order valence-electron chi connectivity index (χ2n) is 5.47. The molecule has 0 N–H and O–H groups in total. The Morgan fingerprint density at radius 1 is 1.08 bits per heavy atom. The maximum atomic E-state index is 12.5. The quantitative estimate of drug-likeness (QED) is 0.399. The number of benzene rings is 2. The summed E-state index contributed by atoms with van der Waals surface area (Å²) >= 11 is 0. The van der Waals surface area contributed by atoms with Gasteiger partial charge in [-0.05, 0) is 31.5 Å². The molecular formula is C19H22N2O5. The first-order chi connectivity index (χ1) is 12.6. The molecule has 1 amide bonds. The Hall–Kier alpha value is -2.93. The number of nitro benzene ring substituents is 1. The van der Waals surface area contributed by atoms with Gasteiger partial charge in [0.25, 0.3) is 5.69 Å². The van der Waals surface area contributed by atoms with E-state index >= 15 is 0 Å². The third-order valence-corrected chi connectivity index (χ3v) is 3.69. The standard InChI is InChI=1S/C19H22N2O5/c1-3-25-18(16-10-12-17(13-11-16)21(23)24)20(19(22)26-4-2)14-15-8-6-5-7-9-15/h5-13,18H,3-4,14H2,1-2H3. The fraction of sp³-hybridized carbons (Fsp3) is 0.316. The van der Waals surface area contributed by atoms with Crippen LogP contribution in [0.15, 0.2) is 54.6 Å². The van der Waals surface area contributed by atoms with E-state index < -0.39 is 17.2 Å². The summed E-state index contributed by atoms with van der Waals surface area (Å²) < 4.78 is 11.0. The second-order valence-corrected chi connectivity index (χ2v) is 5.47. The van der Waals surface area contributed by atoms with Crippen molar-refractivity contribution in [1.82, 2.24) is 4.90 Å². The minimum Gasteiger partial charge on any atom is -0.450 e. The predicted molar refractivity (Wildman–Crippen MR) is 96.5 cm³/mol. The normalized spacial score (nSPS) is 11.6. The summed E-state index contributed by atoms with van der Waals surface area (Å²) in [5.74, 6) is 0. The van der Waals surface area contributed by atoms with Crippen LogP contribution in [0.25, 0.3) is 0 Å². The Bertz CT molecular complexity index is 718. The largest absolute Gasteiger partial charge is 0.450 e. The number of amides is 1. The number of hydrogen-bond donors (Lipinski definition) is 0. The van der Waals surface area contributed by atoms with E-state index in [0.29, 0.717) is 18.7 Å².